The minimum atomic E-state index is -1.27. The van der Waals surface area contributed by atoms with E-state index in [9.17, 15) is 14.4 Å². The minimum Gasteiger partial charge on any atom is -0.481 e. The molecule has 0 heterocycles. The van der Waals surface area contributed by atoms with E-state index in [-0.39, 0.29) is 12.8 Å². The summed E-state index contributed by atoms with van der Waals surface area (Å²) < 4.78 is 0. The van der Waals surface area contributed by atoms with Gasteiger partial charge >= 0.3 is 11.9 Å². The van der Waals surface area contributed by atoms with Crippen LogP contribution in [-0.2, 0) is 9.59 Å². The van der Waals surface area contributed by atoms with E-state index in [0.717, 1.165) is 11.3 Å². The number of aliphatic carboxylic acids is 2. The Hall–Kier alpha value is -3.09. The van der Waals surface area contributed by atoms with Gasteiger partial charge in [0.1, 0.15) is 6.04 Å². The van der Waals surface area contributed by atoms with Crippen LogP contribution in [0.1, 0.15) is 23.2 Å². The molecule has 0 radical (unpaired) electrons. The molecular weight excluding hydrogens is 324 g/mol. The van der Waals surface area contributed by atoms with Crippen molar-refractivity contribution >= 4 is 23.5 Å². The van der Waals surface area contributed by atoms with E-state index in [4.69, 9.17) is 10.2 Å². The quantitative estimate of drug-likeness (QED) is 0.559. The zero-order chi connectivity index (χ0) is 19.0. The Morgan fingerprint density at radius 2 is 1.84 bits per heavy atom. The molecule has 1 amide bonds. The van der Waals surface area contributed by atoms with Gasteiger partial charge in [0.05, 0.1) is 0 Å². The average molecular weight is 346 g/mol. The molecule has 0 aliphatic heterocycles. The van der Waals surface area contributed by atoms with Crippen LogP contribution in [0.3, 0.4) is 0 Å². The number of carbonyl (C=O) groups is 3. The number of amides is 1. The first kappa shape index (κ1) is 20.0. The molecule has 1 aromatic carbocycles. The molecule has 1 unspecified atom stereocenters. The van der Waals surface area contributed by atoms with Gasteiger partial charge in [-0.15, -0.1) is 0 Å². The van der Waals surface area contributed by atoms with Gasteiger partial charge in [0.15, 0.2) is 0 Å². The Labute approximate surface area is 146 Å². The van der Waals surface area contributed by atoms with Crippen molar-refractivity contribution in [2.75, 3.05) is 18.5 Å². The highest BCUT2D eigenvalue weighted by atomic mass is 16.4. The predicted octanol–water partition coefficient (Wildman–Crippen LogP) is 1.91. The Kier molecular flexibility index (Phi) is 7.40. The molecule has 1 aromatic rings. The van der Waals surface area contributed by atoms with Crippen molar-refractivity contribution in [3.8, 4) is 0 Å². The normalized spacial score (nSPS) is 11.2. The van der Waals surface area contributed by atoms with Crippen LogP contribution in [0.25, 0.3) is 0 Å². The monoisotopic (exact) mass is 346 g/mol. The molecule has 0 spiro atoms. The largest absolute Gasteiger partial charge is 0.481 e. The zero-order valence-electron chi connectivity index (χ0n) is 14.1. The minimum absolute atomic E-state index is 0.180. The third kappa shape index (κ3) is 6.50. The highest BCUT2D eigenvalue weighted by Crippen LogP contribution is 2.15. The number of carbonyl (C=O) groups excluding carboxylic acids is 1. The second kappa shape index (κ2) is 9.27. The lowest BCUT2D eigenvalue weighted by atomic mass is 10.1. The summed E-state index contributed by atoms with van der Waals surface area (Å²) in [4.78, 5) is 35.8. The SMILES string of the molecule is C=CC(=C)CN(C)c1ccc(C(=O)NC(CCC(=O)O)C(=O)O)cc1. The molecule has 0 saturated carbocycles. The summed E-state index contributed by atoms with van der Waals surface area (Å²) in [5, 5.41) is 20.0. The molecule has 1 rings (SSSR count). The summed E-state index contributed by atoms with van der Waals surface area (Å²) in [7, 11) is 1.87. The van der Waals surface area contributed by atoms with Crippen LogP contribution in [0, 0.1) is 0 Å². The van der Waals surface area contributed by atoms with Crippen LogP contribution < -0.4 is 10.2 Å². The molecule has 25 heavy (non-hydrogen) atoms. The fourth-order valence-corrected chi connectivity index (χ4v) is 2.09. The van der Waals surface area contributed by atoms with Crippen LogP contribution in [0.5, 0.6) is 0 Å². The topological polar surface area (TPSA) is 107 Å². The number of anilines is 1. The molecule has 1 atom stereocenters. The molecular formula is C18H22N2O5. The van der Waals surface area contributed by atoms with E-state index in [1.165, 1.54) is 0 Å². The van der Waals surface area contributed by atoms with Crippen molar-refractivity contribution in [2.24, 2.45) is 0 Å². The molecule has 0 bridgehead atoms. The second-order valence-electron chi connectivity index (χ2n) is 5.56. The fraction of sp³-hybridized carbons (Fsp3) is 0.278. The molecule has 0 saturated heterocycles. The number of nitrogens with zero attached hydrogens (tertiary/aromatic N) is 1. The third-order valence-electron chi connectivity index (χ3n) is 3.55. The second-order valence-corrected chi connectivity index (χ2v) is 5.56. The van der Waals surface area contributed by atoms with E-state index >= 15 is 0 Å². The molecule has 7 nitrogen and oxygen atoms in total. The maximum atomic E-state index is 12.1. The standard InChI is InChI=1S/C18H22N2O5/c1-4-12(2)11-20(3)14-7-5-13(6-8-14)17(23)19-15(18(24)25)9-10-16(21)22/h4-8,15H,1-2,9-11H2,3H3,(H,19,23)(H,21,22)(H,24,25). The van der Waals surface area contributed by atoms with Crippen molar-refractivity contribution in [1.29, 1.82) is 0 Å². The van der Waals surface area contributed by atoms with Crippen LogP contribution in [-0.4, -0.2) is 47.7 Å². The lowest BCUT2D eigenvalue weighted by molar-refractivity contribution is -0.140. The first-order valence-corrected chi connectivity index (χ1v) is 7.61. The van der Waals surface area contributed by atoms with Gasteiger partial charge in [-0.25, -0.2) is 4.79 Å². The summed E-state index contributed by atoms with van der Waals surface area (Å²) in [6.45, 7) is 8.08. The van der Waals surface area contributed by atoms with Crippen LogP contribution in [0.2, 0.25) is 0 Å². The summed E-state index contributed by atoms with van der Waals surface area (Å²) >= 11 is 0. The summed E-state index contributed by atoms with van der Waals surface area (Å²) in [6, 6.07) is 5.38. The van der Waals surface area contributed by atoms with E-state index in [2.05, 4.69) is 18.5 Å². The van der Waals surface area contributed by atoms with Crippen molar-refractivity contribution in [2.45, 2.75) is 18.9 Å². The number of rotatable bonds is 10. The summed E-state index contributed by atoms with van der Waals surface area (Å²) in [5.74, 6) is -2.95. The first-order chi connectivity index (χ1) is 11.7. The van der Waals surface area contributed by atoms with E-state index in [1.54, 1.807) is 30.3 Å². The van der Waals surface area contributed by atoms with Gasteiger partial charge in [-0.1, -0.05) is 19.2 Å². The molecule has 7 heteroatoms. The lowest BCUT2D eigenvalue weighted by Gasteiger charge is -2.20. The molecule has 0 fully saturated rings. The number of nitrogens with one attached hydrogen (secondary N) is 1. The fourth-order valence-electron chi connectivity index (χ4n) is 2.09. The van der Waals surface area contributed by atoms with Crippen LogP contribution in [0.4, 0.5) is 5.69 Å². The summed E-state index contributed by atoms with van der Waals surface area (Å²) in [5.41, 5.74) is 2.01. The number of hydrogen-bond acceptors (Lipinski definition) is 4. The Morgan fingerprint density at radius 1 is 1.24 bits per heavy atom. The number of likely N-dealkylation sites (N-methyl/N-ethyl adjacent to an activating group) is 1. The first-order valence-electron chi connectivity index (χ1n) is 7.61. The maximum Gasteiger partial charge on any atom is 0.326 e. The van der Waals surface area contributed by atoms with Gasteiger partial charge in [0, 0.05) is 31.3 Å². The summed E-state index contributed by atoms with van der Waals surface area (Å²) in [6.07, 6.45) is 1.15. The van der Waals surface area contributed by atoms with E-state index in [1.807, 2.05) is 11.9 Å². The van der Waals surface area contributed by atoms with Gasteiger partial charge in [-0.05, 0) is 36.3 Å². The highest BCUT2D eigenvalue weighted by Gasteiger charge is 2.21. The Morgan fingerprint density at radius 3 is 2.32 bits per heavy atom. The number of carboxylic acid groups (broad SMARTS) is 2. The number of benzene rings is 1. The lowest BCUT2D eigenvalue weighted by Crippen LogP contribution is -2.41. The van der Waals surface area contributed by atoms with Gasteiger partial charge in [0.2, 0.25) is 0 Å². The van der Waals surface area contributed by atoms with Crippen LogP contribution in [0.15, 0.2) is 49.1 Å². The predicted molar refractivity (Wildman–Crippen MR) is 94.8 cm³/mol. The van der Waals surface area contributed by atoms with E-state index in [0.29, 0.717) is 12.1 Å². The molecule has 134 valence electrons. The molecule has 0 aromatic heterocycles. The van der Waals surface area contributed by atoms with Crippen molar-refractivity contribution < 1.29 is 24.6 Å². The van der Waals surface area contributed by atoms with E-state index < -0.39 is 23.9 Å². The van der Waals surface area contributed by atoms with Gasteiger partial charge < -0.3 is 20.4 Å². The van der Waals surface area contributed by atoms with Crippen molar-refractivity contribution in [3.63, 3.8) is 0 Å². The van der Waals surface area contributed by atoms with Gasteiger partial charge in [-0.3, -0.25) is 9.59 Å². The Balaban J connectivity index is 2.75. The number of hydrogen-bond donors (Lipinski definition) is 3. The van der Waals surface area contributed by atoms with Gasteiger partial charge in [0.25, 0.3) is 5.91 Å². The van der Waals surface area contributed by atoms with Crippen molar-refractivity contribution in [1.82, 2.24) is 5.32 Å². The molecule has 0 aliphatic carbocycles. The maximum absolute atomic E-state index is 12.1. The highest BCUT2D eigenvalue weighted by molar-refractivity contribution is 5.96. The number of carboxylic acids is 2. The molecule has 0 aliphatic rings. The van der Waals surface area contributed by atoms with Gasteiger partial charge in [-0.2, -0.15) is 0 Å². The average Bonchev–Trinajstić information content (AvgIpc) is 2.57. The zero-order valence-corrected chi connectivity index (χ0v) is 14.1. The van der Waals surface area contributed by atoms with Crippen molar-refractivity contribution in [3.05, 3.63) is 54.6 Å². The smallest absolute Gasteiger partial charge is 0.326 e. The third-order valence-corrected chi connectivity index (χ3v) is 3.55. The molecule has 3 N–H and O–H groups in total. The van der Waals surface area contributed by atoms with Crippen LogP contribution >= 0.6 is 0 Å². The Bertz CT molecular complexity index is 667.